The van der Waals surface area contributed by atoms with Crippen LogP contribution in [-0.2, 0) is 4.79 Å². The molecular weight excluding hydrogens is 332 g/mol. The first kappa shape index (κ1) is 15.4. The van der Waals surface area contributed by atoms with Gasteiger partial charge in [0.2, 0.25) is 5.91 Å². The van der Waals surface area contributed by atoms with Gasteiger partial charge in [-0.1, -0.05) is 12.1 Å². The lowest BCUT2D eigenvalue weighted by molar-refractivity contribution is -0.116. The van der Waals surface area contributed by atoms with Crippen molar-refractivity contribution in [2.24, 2.45) is 0 Å². The molecule has 0 bridgehead atoms. The molecule has 4 nitrogen and oxygen atoms in total. The zero-order chi connectivity index (χ0) is 15.2. The van der Waals surface area contributed by atoms with Gasteiger partial charge in [-0.3, -0.25) is 4.79 Å². The Labute approximate surface area is 132 Å². The predicted molar refractivity (Wildman–Crippen MR) is 88.5 cm³/mol. The van der Waals surface area contributed by atoms with E-state index in [0.717, 1.165) is 15.8 Å². The number of nitrogens with two attached hydrogens (primary N) is 1. The van der Waals surface area contributed by atoms with Gasteiger partial charge in [-0.05, 0) is 58.7 Å². The second-order valence-corrected chi connectivity index (χ2v) is 5.55. The minimum Gasteiger partial charge on any atom is -0.493 e. The minimum absolute atomic E-state index is 0.107. The summed E-state index contributed by atoms with van der Waals surface area (Å²) in [4.78, 5) is 11.8. The van der Waals surface area contributed by atoms with Crippen LogP contribution in [0, 0.1) is 6.92 Å². The van der Waals surface area contributed by atoms with E-state index in [9.17, 15) is 4.79 Å². The minimum atomic E-state index is -0.107. The van der Waals surface area contributed by atoms with Gasteiger partial charge in [-0.25, -0.2) is 0 Å². The molecule has 0 aliphatic heterocycles. The number of carbonyl (C=O) groups is 1. The number of anilines is 2. The second-order valence-electron chi connectivity index (χ2n) is 4.70. The molecule has 0 saturated carbocycles. The van der Waals surface area contributed by atoms with Crippen LogP contribution in [0.15, 0.2) is 46.9 Å². The molecular formula is C16H17BrN2O2. The first-order chi connectivity index (χ1) is 10.0. The molecule has 0 spiro atoms. The Hall–Kier alpha value is -2.01. The van der Waals surface area contributed by atoms with Crippen LogP contribution in [-0.4, -0.2) is 12.5 Å². The Morgan fingerprint density at radius 1 is 1.29 bits per heavy atom. The highest BCUT2D eigenvalue weighted by molar-refractivity contribution is 9.10. The van der Waals surface area contributed by atoms with E-state index in [0.29, 0.717) is 18.0 Å². The molecule has 0 atom stereocenters. The third-order valence-corrected chi connectivity index (χ3v) is 3.59. The highest BCUT2D eigenvalue weighted by atomic mass is 79.9. The lowest BCUT2D eigenvalue weighted by atomic mass is 10.2. The third kappa shape index (κ3) is 4.79. The van der Waals surface area contributed by atoms with Crippen molar-refractivity contribution in [3.8, 4) is 5.75 Å². The maximum atomic E-state index is 11.8. The van der Waals surface area contributed by atoms with Crippen LogP contribution in [0.3, 0.4) is 0 Å². The van der Waals surface area contributed by atoms with Crippen LogP contribution in [0.25, 0.3) is 0 Å². The molecule has 0 aromatic heterocycles. The van der Waals surface area contributed by atoms with Gasteiger partial charge < -0.3 is 15.8 Å². The molecule has 0 aliphatic rings. The Bertz CT molecular complexity index is 644. The number of aryl methyl sites for hydroxylation is 1. The molecule has 3 N–H and O–H groups in total. The number of hydrogen-bond acceptors (Lipinski definition) is 3. The summed E-state index contributed by atoms with van der Waals surface area (Å²) in [6.45, 7) is 2.33. The maximum Gasteiger partial charge on any atom is 0.227 e. The summed E-state index contributed by atoms with van der Waals surface area (Å²) < 4.78 is 6.35. The third-order valence-electron chi connectivity index (χ3n) is 2.87. The summed E-state index contributed by atoms with van der Waals surface area (Å²) in [7, 11) is 0. The number of benzene rings is 2. The number of halogens is 1. The highest BCUT2D eigenvalue weighted by Crippen LogP contribution is 2.23. The lowest BCUT2D eigenvalue weighted by Gasteiger charge is -2.08. The predicted octanol–water partition coefficient (Wildman–Crippen LogP) is 3.75. The number of ether oxygens (including phenoxy) is 1. The van der Waals surface area contributed by atoms with Crippen molar-refractivity contribution < 1.29 is 9.53 Å². The fourth-order valence-corrected chi connectivity index (χ4v) is 2.06. The summed E-state index contributed by atoms with van der Waals surface area (Å²) >= 11 is 3.31. The summed E-state index contributed by atoms with van der Waals surface area (Å²) in [6, 6.07) is 13.0. The standard InChI is InChI=1S/C16H17BrN2O2/c1-11-3-2-4-13(9-11)21-8-7-16(20)19-12-5-6-14(17)15(18)10-12/h2-6,9-10H,7-8,18H2,1H3,(H,19,20). The quantitative estimate of drug-likeness (QED) is 0.808. The van der Waals surface area contributed by atoms with Gasteiger partial charge in [0.15, 0.2) is 0 Å². The van der Waals surface area contributed by atoms with E-state index >= 15 is 0 Å². The molecule has 0 heterocycles. The Morgan fingerprint density at radius 3 is 2.81 bits per heavy atom. The van der Waals surface area contributed by atoms with Crippen molar-refractivity contribution in [1.82, 2.24) is 0 Å². The van der Waals surface area contributed by atoms with E-state index in [1.165, 1.54) is 0 Å². The van der Waals surface area contributed by atoms with Crippen molar-refractivity contribution >= 4 is 33.2 Å². The monoisotopic (exact) mass is 348 g/mol. The molecule has 5 heteroatoms. The van der Waals surface area contributed by atoms with E-state index < -0.39 is 0 Å². The molecule has 0 aliphatic carbocycles. The number of rotatable bonds is 5. The number of hydrogen-bond donors (Lipinski definition) is 2. The van der Waals surface area contributed by atoms with Crippen LogP contribution in [0.2, 0.25) is 0 Å². The van der Waals surface area contributed by atoms with Gasteiger partial charge in [0, 0.05) is 15.8 Å². The number of amides is 1. The normalized spacial score (nSPS) is 10.2. The van der Waals surface area contributed by atoms with Crippen molar-refractivity contribution in [2.75, 3.05) is 17.7 Å². The van der Waals surface area contributed by atoms with Gasteiger partial charge in [-0.15, -0.1) is 0 Å². The first-order valence-electron chi connectivity index (χ1n) is 6.59. The van der Waals surface area contributed by atoms with Crippen molar-refractivity contribution in [3.05, 3.63) is 52.5 Å². The molecule has 0 saturated heterocycles. The number of nitrogens with one attached hydrogen (secondary N) is 1. The van der Waals surface area contributed by atoms with Gasteiger partial charge in [-0.2, -0.15) is 0 Å². The summed E-state index contributed by atoms with van der Waals surface area (Å²) in [6.07, 6.45) is 0.282. The van der Waals surface area contributed by atoms with E-state index in [2.05, 4.69) is 21.2 Å². The zero-order valence-electron chi connectivity index (χ0n) is 11.7. The van der Waals surface area contributed by atoms with Crippen LogP contribution >= 0.6 is 15.9 Å². The van der Waals surface area contributed by atoms with Crippen LogP contribution < -0.4 is 15.8 Å². The molecule has 1 amide bonds. The van der Waals surface area contributed by atoms with Crippen molar-refractivity contribution in [3.63, 3.8) is 0 Å². The van der Waals surface area contributed by atoms with Gasteiger partial charge in [0.25, 0.3) is 0 Å². The lowest BCUT2D eigenvalue weighted by Crippen LogP contribution is -2.15. The average Bonchev–Trinajstić information content (AvgIpc) is 2.43. The van der Waals surface area contributed by atoms with Crippen LogP contribution in [0.4, 0.5) is 11.4 Å². The van der Waals surface area contributed by atoms with Crippen molar-refractivity contribution in [1.29, 1.82) is 0 Å². The Morgan fingerprint density at radius 2 is 2.10 bits per heavy atom. The Balaban J connectivity index is 1.81. The fraction of sp³-hybridized carbons (Fsp3) is 0.188. The molecule has 21 heavy (non-hydrogen) atoms. The largest absolute Gasteiger partial charge is 0.493 e. The van der Waals surface area contributed by atoms with E-state index in [4.69, 9.17) is 10.5 Å². The fourth-order valence-electron chi connectivity index (χ4n) is 1.81. The van der Waals surface area contributed by atoms with Gasteiger partial charge >= 0.3 is 0 Å². The zero-order valence-corrected chi connectivity index (χ0v) is 13.3. The molecule has 110 valence electrons. The smallest absolute Gasteiger partial charge is 0.227 e. The van der Waals surface area contributed by atoms with E-state index in [1.54, 1.807) is 18.2 Å². The van der Waals surface area contributed by atoms with Crippen molar-refractivity contribution in [2.45, 2.75) is 13.3 Å². The average molecular weight is 349 g/mol. The SMILES string of the molecule is Cc1cccc(OCCC(=O)Nc2ccc(Br)c(N)c2)c1. The molecule has 2 aromatic rings. The van der Waals surface area contributed by atoms with Gasteiger partial charge in [0.05, 0.1) is 13.0 Å². The molecule has 0 radical (unpaired) electrons. The topological polar surface area (TPSA) is 64.3 Å². The molecule has 0 unspecified atom stereocenters. The second kappa shape index (κ2) is 7.13. The maximum absolute atomic E-state index is 11.8. The molecule has 2 rings (SSSR count). The summed E-state index contributed by atoms with van der Waals surface area (Å²) in [5.41, 5.74) is 8.15. The summed E-state index contributed by atoms with van der Waals surface area (Å²) in [5.74, 6) is 0.667. The highest BCUT2D eigenvalue weighted by Gasteiger charge is 2.04. The van der Waals surface area contributed by atoms with Crippen LogP contribution in [0.5, 0.6) is 5.75 Å². The Kier molecular flexibility index (Phi) is 5.22. The summed E-state index contributed by atoms with van der Waals surface area (Å²) in [5, 5.41) is 2.79. The number of carbonyl (C=O) groups excluding carboxylic acids is 1. The van der Waals surface area contributed by atoms with E-state index in [1.807, 2.05) is 31.2 Å². The molecule has 0 fully saturated rings. The molecule has 2 aromatic carbocycles. The van der Waals surface area contributed by atoms with Gasteiger partial charge in [0.1, 0.15) is 5.75 Å². The van der Waals surface area contributed by atoms with E-state index in [-0.39, 0.29) is 12.3 Å². The first-order valence-corrected chi connectivity index (χ1v) is 7.38. The number of nitrogen functional groups attached to an aromatic ring is 1. The van der Waals surface area contributed by atoms with Crippen LogP contribution in [0.1, 0.15) is 12.0 Å².